The lowest BCUT2D eigenvalue weighted by molar-refractivity contribution is -0.156. The molecule has 0 aliphatic carbocycles. The highest BCUT2D eigenvalue weighted by Crippen LogP contribution is 2.32. The zero-order valence-corrected chi connectivity index (χ0v) is 92.9. The van der Waals surface area contributed by atoms with Crippen LogP contribution in [0.1, 0.15) is 243 Å². The number of carbonyl (C=O) groups is 12. The first-order chi connectivity index (χ1) is 67.8. The van der Waals surface area contributed by atoms with Gasteiger partial charge >= 0.3 is 47.8 Å². The Hall–Kier alpha value is -9.68. The number of amides is 4. The molecule has 29 heteroatoms. The molecule has 4 amide bonds. The normalized spacial score (nSPS) is 14.9. The van der Waals surface area contributed by atoms with Crippen molar-refractivity contribution in [3.8, 4) is 0 Å². The van der Waals surface area contributed by atoms with Gasteiger partial charge in [0.2, 0.25) is 23.6 Å². The van der Waals surface area contributed by atoms with Crippen LogP contribution in [0.3, 0.4) is 0 Å². The summed E-state index contributed by atoms with van der Waals surface area (Å²) in [5.74, 6) is -7.93. The van der Waals surface area contributed by atoms with Crippen molar-refractivity contribution in [2.24, 2.45) is 100 Å². The first-order valence-corrected chi connectivity index (χ1v) is 51.9. The Morgan fingerprint density at radius 2 is 0.438 bits per heavy atom. The molecule has 0 fully saturated rings. The summed E-state index contributed by atoms with van der Waals surface area (Å²) in [6.07, 6.45) is 20.6. The predicted molar refractivity (Wildman–Crippen MR) is 568 cm³/mol. The van der Waals surface area contributed by atoms with Gasteiger partial charge in [0.1, 0.15) is 52.9 Å². The fraction of sp³-hybridized carbons (Fsp3) is 0.687. The van der Waals surface area contributed by atoms with E-state index in [-0.39, 0.29) is 242 Å². The van der Waals surface area contributed by atoms with E-state index in [1.54, 1.807) is 48.0 Å². The van der Waals surface area contributed by atoms with Crippen LogP contribution in [0.15, 0.2) is 146 Å². The molecule has 818 valence electrons. The van der Waals surface area contributed by atoms with E-state index in [0.29, 0.717) is 69.6 Å². The smallest absolute Gasteiger partial charge is 0.333 e. The van der Waals surface area contributed by atoms with Crippen LogP contribution in [0.2, 0.25) is 0 Å². The van der Waals surface area contributed by atoms with E-state index in [4.69, 9.17) is 61.6 Å². The highest BCUT2D eigenvalue weighted by molar-refractivity contribution is 5.90. The zero-order chi connectivity index (χ0) is 109. The highest BCUT2D eigenvalue weighted by Gasteiger charge is 2.37. The quantitative estimate of drug-likeness (QED) is 0.0179. The number of hydrogen-bond acceptors (Lipinski definition) is 25. The Morgan fingerprint density at radius 3 is 0.632 bits per heavy atom. The van der Waals surface area contributed by atoms with E-state index < -0.39 is 101 Å². The fourth-order valence-corrected chi connectivity index (χ4v) is 17.8. The van der Waals surface area contributed by atoms with E-state index in [2.05, 4.69) is 150 Å². The maximum Gasteiger partial charge on any atom is 0.333 e. The van der Waals surface area contributed by atoms with E-state index in [9.17, 15) is 57.5 Å². The third-order valence-electron chi connectivity index (χ3n) is 24.1. The van der Waals surface area contributed by atoms with E-state index in [1.165, 1.54) is 37.5 Å². The van der Waals surface area contributed by atoms with Gasteiger partial charge in [0.05, 0.1) is 121 Å². The SMILES string of the molecule is C=CCN(CC=C)C(=O)CC(C(=O)OCCOCCOCC(COCCOC(=O)C(CC(=O)N(CC=C)CC=C)C(C)=CC(C)CC(C)CC(C)C)(COCCOC(=O)C(CC(=O)N(CCOC(=O)C(=C)C)CCOC(=O)C(=C)C)C(C)=CC(C)CC(C)CC(C)C)COCCOC(=O)C(CC(=O)N(CCOC(=O)C(=C)C)CCOC(=O)C(=C)C)C(C)=CC(C)CC(C)CC(C)C)C(C)=CC(C)CC(C)CC(C)C. The minimum absolute atomic E-state index is 0.0381. The Bertz CT molecular complexity index is 3900. The summed E-state index contributed by atoms with van der Waals surface area (Å²) in [7, 11) is 0. The third kappa shape index (κ3) is 61.1. The second-order valence-corrected chi connectivity index (χ2v) is 41.6. The topological polar surface area (TPSA) is 338 Å². The monoisotopic (exact) mass is 2030 g/mol. The van der Waals surface area contributed by atoms with Crippen molar-refractivity contribution in [3.05, 3.63) is 146 Å². The van der Waals surface area contributed by atoms with Crippen molar-refractivity contribution in [1.29, 1.82) is 0 Å². The summed E-state index contributed by atoms with van der Waals surface area (Å²) >= 11 is 0. The molecule has 0 N–H and O–H groups in total. The summed E-state index contributed by atoms with van der Waals surface area (Å²) < 4.78 is 77.9. The molecular formula is C115H188N4O25. The first kappa shape index (κ1) is 134. The highest BCUT2D eigenvalue weighted by atomic mass is 16.6. The van der Waals surface area contributed by atoms with Crippen LogP contribution < -0.4 is 0 Å². The number of hydrogen-bond donors (Lipinski definition) is 0. The number of nitrogens with zero attached hydrogens (tertiary/aromatic N) is 4. The van der Waals surface area contributed by atoms with Crippen molar-refractivity contribution in [2.45, 2.75) is 243 Å². The molecule has 12 unspecified atom stereocenters. The van der Waals surface area contributed by atoms with E-state index in [0.717, 1.165) is 51.4 Å². The molecule has 29 nitrogen and oxygen atoms in total. The Labute approximate surface area is 866 Å². The molecule has 12 atom stereocenters. The molecule has 144 heavy (non-hydrogen) atoms. The number of carbonyl (C=O) groups excluding carboxylic acids is 12. The average Bonchev–Trinajstić information content (AvgIpc) is 0.872. The van der Waals surface area contributed by atoms with Gasteiger partial charge in [-0.25, -0.2) is 19.2 Å². The van der Waals surface area contributed by atoms with Crippen LogP contribution >= 0.6 is 0 Å². The standard InChI is InChI=1S/C115H188N4O25/c1-33-37-116(38-34-2)103(120)71-99(95(29)67-91(25)63-87(21)59-79(5)6)111(128)141-55-51-132-49-50-133-75-115(76-134-52-56-142-112(129)100(72-104(121)117(39-35-3)40-36-4)96(30)68-92(26)64-88(22)60-80(7)8,77-135-53-57-143-113(130)101(97(31)69-93(27)65-89(23)61-81(9)10)73-105(122)118(41-45-137-107(124)83(13)14)42-46-138-108(125)84(15)16)78-136-54-58-144-114(131)102(98(32)70-94(28)66-90(24)62-82(11)12)74-106(123)119(43-47-139-109(126)85(17)18)44-48-140-110(127)86(19)20/h33-36,67-70,79-82,87-94,99-102H,1-4,13,15,17,19,37-66,71-78H2,5-12,14,16,18,20-32H3. The molecule has 0 spiro atoms. The molecule has 0 aromatic rings. The number of rotatable bonds is 83. The molecule has 0 bridgehead atoms. The Kier molecular flexibility index (Phi) is 70.8. The second-order valence-electron chi connectivity index (χ2n) is 41.6. The second kappa shape index (κ2) is 75.9. The van der Waals surface area contributed by atoms with Crippen molar-refractivity contribution in [2.75, 3.05) is 171 Å². The fourth-order valence-electron chi connectivity index (χ4n) is 17.8. The van der Waals surface area contributed by atoms with Crippen molar-refractivity contribution >= 4 is 71.4 Å². The summed E-state index contributed by atoms with van der Waals surface area (Å²) in [5, 5.41) is 0. The van der Waals surface area contributed by atoms with Crippen LogP contribution in [0, 0.1) is 100 Å². The lowest BCUT2D eigenvalue weighted by atomic mass is 9.87. The van der Waals surface area contributed by atoms with Gasteiger partial charge in [0.25, 0.3) is 0 Å². The van der Waals surface area contributed by atoms with Gasteiger partial charge in [0.15, 0.2) is 0 Å². The Morgan fingerprint density at radius 1 is 0.250 bits per heavy atom. The van der Waals surface area contributed by atoms with Crippen LogP contribution in [-0.2, 0) is 119 Å². The Balaban J connectivity index is 8.68. The van der Waals surface area contributed by atoms with Gasteiger partial charge in [-0.05, 0) is 178 Å². The molecule has 0 aliphatic rings. The summed E-state index contributed by atoms with van der Waals surface area (Å²) in [4.78, 5) is 172. The van der Waals surface area contributed by atoms with Crippen LogP contribution in [-0.4, -0.2) is 262 Å². The molecule has 0 rings (SSSR count). The lowest BCUT2D eigenvalue weighted by Crippen LogP contribution is -2.43. The summed E-state index contributed by atoms with van der Waals surface area (Å²) in [5.41, 5.74) is 1.70. The van der Waals surface area contributed by atoms with Crippen LogP contribution in [0.25, 0.3) is 0 Å². The summed E-state index contributed by atoms with van der Waals surface area (Å²) in [6, 6.07) is 0. The molecule has 0 saturated carbocycles. The summed E-state index contributed by atoms with van der Waals surface area (Å²) in [6.45, 7) is 73.9. The zero-order valence-electron chi connectivity index (χ0n) is 92.9. The van der Waals surface area contributed by atoms with Gasteiger partial charge in [0, 0.05) is 74.2 Å². The molecule has 0 aromatic heterocycles. The third-order valence-corrected chi connectivity index (χ3v) is 24.1. The first-order valence-electron chi connectivity index (χ1n) is 51.9. The molecule has 0 heterocycles. The van der Waals surface area contributed by atoms with Gasteiger partial charge < -0.3 is 81.2 Å². The van der Waals surface area contributed by atoms with Gasteiger partial charge in [-0.2, -0.15) is 0 Å². The van der Waals surface area contributed by atoms with Gasteiger partial charge in [-0.15, -0.1) is 26.3 Å². The minimum Gasteiger partial charge on any atom is -0.463 e. The van der Waals surface area contributed by atoms with Gasteiger partial charge in [-0.3, -0.25) is 38.4 Å². The number of esters is 8. The van der Waals surface area contributed by atoms with Crippen LogP contribution in [0.5, 0.6) is 0 Å². The predicted octanol–water partition coefficient (Wildman–Crippen LogP) is 19.4. The largest absolute Gasteiger partial charge is 0.463 e. The van der Waals surface area contributed by atoms with Gasteiger partial charge in [-0.1, -0.05) is 208 Å². The van der Waals surface area contributed by atoms with Crippen molar-refractivity contribution in [3.63, 3.8) is 0 Å². The average molecular weight is 2030 g/mol. The lowest BCUT2D eigenvalue weighted by Gasteiger charge is -2.33. The maximum atomic E-state index is 14.9. The van der Waals surface area contributed by atoms with E-state index >= 15 is 0 Å². The molecular weight excluding hydrogens is 1840 g/mol. The van der Waals surface area contributed by atoms with Crippen LogP contribution in [0.4, 0.5) is 0 Å². The molecule has 0 radical (unpaired) electrons. The van der Waals surface area contributed by atoms with E-state index in [1.807, 2.05) is 52.0 Å². The minimum atomic E-state index is -1.35. The number of ether oxygens (including phenoxy) is 13. The molecule has 0 aliphatic heterocycles. The van der Waals surface area contributed by atoms with Crippen molar-refractivity contribution in [1.82, 2.24) is 19.6 Å². The maximum absolute atomic E-state index is 14.9. The molecule has 0 aromatic carbocycles. The van der Waals surface area contributed by atoms with Crippen molar-refractivity contribution < 1.29 is 119 Å². The molecule has 0 saturated heterocycles. The number of allylic oxidation sites excluding steroid dienone is 4.